The maximum atomic E-state index is 6.11. The van der Waals surface area contributed by atoms with Crippen LogP contribution in [0, 0.1) is 0 Å². The van der Waals surface area contributed by atoms with Crippen molar-refractivity contribution in [3.05, 3.63) is 0 Å². The lowest BCUT2D eigenvalue weighted by Gasteiger charge is -2.30. The minimum atomic E-state index is -3.17. The Morgan fingerprint density at radius 3 is 1.60 bits per heavy atom. The predicted octanol–water partition coefficient (Wildman–Crippen LogP) is 3.79. The maximum absolute atomic E-state index is 6.11. The van der Waals surface area contributed by atoms with Gasteiger partial charge in [-0.05, 0) is 13.3 Å². The summed E-state index contributed by atoms with van der Waals surface area (Å²) in [7, 11) is 0.920. The van der Waals surface area contributed by atoms with Gasteiger partial charge in [0.2, 0.25) is 0 Å². The molecular weight excluding hydrogens is 356 g/mol. The van der Waals surface area contributed by atoms with E-state index in [1.807, 2.05) is 13.3 Å². The van der Waals surface area contributed by atoms with Crippen LogP contribution in [0.2, 0.25) is 0 Å². The molecule has 0 aromatic rings. The van der Waals surface area contributed by atoms with Gasteiger partial charge in [0.05, 0.1) is 0 Å². The normalized spacial score (nSPS) is 14.2. The summed E-state index contributed by atoms with van der Waals surface area (Å²) in [6.45, 7) is 0.553. The predicted molar refractivity (Wildman–Crippen MR) is 78.6 cm³/mol. The largest absolute Gasteiger partial charge is 0.421 e. The van der Waals surface area contributed by atoms with E-state index in [0.717, 1.165) is 0 Å². The molecule has 0 saturated heterocycles. The van der Waals surface area contributed by atoms with Crippen LogP contribution in [0.5, 0.6) is 0 Å². The molecule has 0 aliphatic carbocycles. The summed E-state index contributed by atoms with van der Waals surface area (Å²) in [6.07, 6.45) is 0. The molecule has 0 aliphatic heterocycles. The molecule has 0 unspecified atom stereocenters. The number of hydrogen-bond donors (Lipinski definition) is 0. The summed E-state index contributed by atoms with van der Waals surface area (Å²) < 4.78 is 10.9. The Labute approximate surface area is 116 Å². The van der Waals surface area contributed by atoms with Crippen molar-refractivity contribution in [2.75, 3.05) is 27.5 Å². The molecule has 0 saturated carbocycles. The zero-order valence-corrected chi connectivity index (χ0v) is 15.3. The van der Waals surface area contributed by atoms with Gasteiger partial charge in [0, 0.05) is 25.9 Å². The fraction of sp³-hybridized carbons (Fsp3) is 0.800. The first-order valence-electron chi connectivity index (χ1n) is 3.77. The molecule has 0 atom stereocenters. The summed E-state index contributed by atoms with van der Waals surface area (Å²) >= 11 is 30.2. The number of rotatable bonds is 4. The standard InChI is InChI=1S/C5H12Cl5O2PSi2/c1-11-13(3,4)5(14(6,7)8)15(9,10)12-2/h1-4H3. The summed E-state index contributed by atoms with van der Waals surface area (Å²) in [5.74, 6) is 0. The van der Waals surface area contributed by atoms with Crippen LogP contribution >= 0.6 is 62.5 Å². The van der Waals surface area contributed by atoms with Gasteiger partial charge in [-0.3, -0.25) is 0 Å². The SMILES string of the molecule is CO[Si](Cl)(Cl)C([Si](Cl)(Cl)Cl)=P(C)(C)OC. The van der Waals surface area contributed by atoms with Crippen LogP contribution < -0.4 is 0 Å². The first-order valence-corrected chi connectivity index (χ1v) is 15.3. The number of halogens is 5. The fourth-order valence-electron chi connectivity index (χ4n) is 0.972. The Kier molecular flexibility index (Phi) is 6.65. The highest BCUT2D eigenvalue weighted by molar-refractivity contribution is 8.00. The van der Waals surface area contributed by atoms with Crippen LogP contribution in [0.1, 0.15) is 0 Å². The molecule has 0 heterocycles. The van der Waals surface area contributed by atoms with E-state index in [9.17, 15) is 0 Å². The summed E-state index contributed by atoms with van der Waals surface area (Å²) in [6, 6.07) is -3.17. The second-order valence-corrected chi connectivity index (χ2v) is 22.0. The van der Waals surface area contributed by atoms with Gasteiger partial charge in [0.1, 0.15) is 0 Å². The highest BCUT2D eigenvalue weighted by Gasteiger charge is 2.51. The third-order valence-corrected chi connectivity index (χ3v) is 20.9. The number of hydrogen-bond acceptors (Lipinski definition) is 2. The molecule has 92 valence electrons. The maximum Gasteiger partial charge on any atom is 0.421 e. The summed E-state index contributed by atoms with van der Waals surface area (Å²) in [4.78, 5) is 0. The van der Waals surface area contributed by atoms with Crippen LogP contribution in [-0.2, 0) is 8.95 Å². The van der Waals surface area contributed by atoms with E-state index in [1.165, 1.54) is 7.11 Å². The molecule has 2 nitrogen and oxygen atoms in total. The van der Waals surface area contributed by atoms with Crippen molar-refractivity contribution in [3.8, 4) is 0 Å². The average Bonchev–Trinajstić information content (AvgIpc) is 2.00. The first kappa shape index (κ1) is 17.1. The topological polar surface area (TPSA) is 18.5 Å². The molecule has 0 spiro atoms. The van der Waals surface area contributed by atoms with Gasteiger partial charge < -0.3 is 8.95 Å². The summed E-state index contributed by atoms with van der Waals surface area (Å²) in [5, 5.41) is 0. The van der Waals surface area contributed by atoms with Gasteiger partial charge in [0.25, 0.3) is 0 Å². The van der Waals surface area contributed by atoms with E-state index >= 15 is 0 Å². The highest BCUT2D eigenvalue weighted by atomic mass is 35.8. The smallest absolute Gasteiger partial charge is 0.393 e. The minimum absolute atomic E-state index is 0.487. The van der Waals surface area contributed by atoms with Crippen LogP contribution in [0.25, 0.3) is 0 Å². The Hall–Kier alpha value is 2.10. The summed E-state index contributed by atoms with van der Waals surface area (Å²) in [5.41, 5.74) is 0. The van der Waals surface area contributed by atoms with Crippen molar-refractivity contribution in [3.63, 3.8) is 0 Å². The first-order chi connectivity index (χ1) is 6.49. The molecule has 0 rings (SSSR count). The van der Waals surface area contributed by atoms with Crippen LogP contribution in [0.3, 0.4) is 0 Å². The molecule has 0 radical (unpaired) electrons. The third kappa shape index (κ3) is 4.70. The molecule has 0 aromatic heterocycles. The van der Waals surface area contributed by atoms with Gasteiger partial charge in [-0.15, -0.1) is 55.4 Å². The van der Waals surface area contributed by atoms with Crippen LogP contribution in [-0.4, -0.2) is 45.0 Å². The molecule has 10 heteroatoms. The van der Waals surface area contributed by atoms with Gasteiger partial charge in [0.15, 0.2) is 0 Å². The zero-order chi connectivity index (χ0) is 12.5. The second-order valence-electron chi connectivity index (χ2n) is 3.10. The Balaban J connectivity index is 5.79. The molecule has 0 N–H and O–H groups in total. The van der Waals surface area contributed by atoms with Crippen molar-refractivity contribution >= 4 is 80.0 Å². The third-order valence-electron chi connectivity index (χ3n) is 1.80. The minimum Gasteiger partial charge on any atom is -0.393 e. The molecule has 0 fully saturated rings. The van der Waals surface area contributed by atoms with E-state index in [0.29, 0.717) is 4.54 Å². The fourth-order valence-corrected chi connectivity index (χ4v) is 26.7. The van der Waals surface area contributed by atoms with Crippen molar-refractivity contribution in [1.82, 2.24) is 0 Å². The highest BCUT2D eigenvalue weighted by Crippen LogP contribution is 2.50. The Morgan fingerprint density at radius 1 is 1.00 bits per heavy atom. The average molecular weight is 369 g/mol. The molecular formula is C5H12Cl5O2PSi2. The molecule has 15 heavy (non-hydrogen) atoms. The van der Waals surface area contributed by atoms with Crippen LogP contribution in [0.15, 0.2) is 0 Å². The Morgan fingerprint density at radius 2 is 1.40 bits per heavy atom. The van der Waals surface area contributed by atoms with Crippen molar-refractivity contribution < 1.29 is 8.95 Å². The van der Waals surface area contributed by atoms with Gasteiger partial charge in [-0.2, -0.15) is 0 Å². The van der Waals surface area contributed by atoms with Gasteiger partial charge in [-0.25, -0.2) is 0 Å². The van der Waals surface area contributed by atoms with E-state index in [-0.39, 0.29) is 0 Å². The zero-order valence-electron chi connectivity index (χ0n) is 8.65. The molecule has 0 aromatic carbocycles. The molecule has 0 bridgehead atoms. The van der Waals surface area contributed by atoms with E-state index in [1.54, 1.807) is 7.11 Å². The van der Waals surface area contributed by atoms with Crippen molar-refractivity contribution in [2.24, 2.45) is 0 Å². The lowest BCUT2D eigenvalue weighted by atomic mass is 11.8. The lowest BCUT2D eigenvalue weighted by molar-refractivity contribution is 0.440. The Bertz CT molecular complexity index is 284. The monoisotopic (exact) mass is 366 g/mol. The lowest BCUT2D eigenvalue weighted by Crippen LogP contribution is -2.47. The van der Waals surface area contributed by atoms with Gasteiger partial charge in [-0.1, -0.05) is 0 Å². The van der Waals surface area contributed by atoms with E-state index < -0.39 is 20.1 Å². The van der Waals surface area contributed by atoms with Gasteiger partial charge >= 0.3 is 12.9 Å². The molecule has 0 amide bonds. The van der Waals surface area contributed by atoms with Crippen molar-refractivity contribution in [2.45, 2.75) is 0 Å². The van der Waals surface area contributed by atoms with E-state index in [2.05, 4.69) is 0 Å². The van der Waals surface area contributed by atoms with Crippen LogP contribution in [0.4, 0.5) is 0 Å². The van der Waals surface area contributed by atoms with Crippen molar-refractivity contribution in [1.29, 1.82) is 0 Å². The van der Waals surface area contributed by atoms with E-state index in [4.69, 9.17) is 64.3 Å². The molecule has 0 aliphatic rings. The second kappa shape index (κ2) is 5.83. The quantitative estimate of drug-likeness (QED) is 0.427.